The molecule has 1 aromatic heterocycles. The van der Waals surface area contributed by atoms with Crippen molar-refractivity contribution < 1.29 is 4.39 Å². The van der Waals surface area contributed by atoms with Crippen LogP contribution in [0.4, 0.5) is 4.39 Å². The second-order valence-electron chi connectivity index (χ2n) is 7.68. The Kier molecular flexibility index (Phi) is 8.95. The van der Waals surface area contributed by atoms with Crippen LogP contribution in [0.1, 0.15) is 36.7 Å². The van der Waals surface area contributed by atoms with Gasteiger partial charge >= 0.3 is 0 Å². The first-order valence-electron chi connectivity index (χ1n) is 10.9. The summed E-state index contributed by atoms with van der Waals surface area (Å²) in [5.41, 5.74) is 9.10. The van der Waals surface area contributed by atoms with E-state index in [-0.39, 0.29) is 0 Å². The van der Waals surface area contributed by atoms with Crippen LogP contribution in [0, 0.1) is 5.82 Å². The molecule has 0 aliphatic rings. The van der Waals surface area contributed by atoms with Crippen LogP contribution in [0.15, 0.2) is 54.7 Å². The standard InChI is InChI=1S/C25H30ClFN4/c1-2-31(14-6-13-28)18-20-9-3-10-21(15-20)25-23(27)17-29-24(30-25)12-5-8-19-7-4-11-22(26)16-19/h3-4,7,9-11,15-17H,2,5-6,8,12-14,18,28H2,1H3. The molecule has 1 heterocycles. The lowest BCUT2D eigenvalue weighted by Gasteiger charge is -2.20. The minimum Gasteiger partial charge on any atom is -0.330 e. The summed E-state index contributed by atoms with van der Waals surface area (Å²) < 4.78 is 14.5. The fourth-order valence-electron chi connectivity index (χ4n) is 3.61. The molecule has 2 N–H and O–H groups in total. The average molecular weight is 441 g/mol. The summed E-state index contributed by atoms with van der Waals surface area (Å²) in [6.07, 6.45) is 4.68. The van der Waals surface area contributed by atoms with Crippen LogP contribution in [-0.2, 0) is 19.4 Å². The lowest BCUT2D eigenvalue weighted by Crippen LogP contribution is -2.25. The maximum Gasteiger partial charge on any atom is 0.167 e. The van der Waals surface area contributed by atoms with Gasteiger partial charge in [0, 0.05) is 23.6 Å². The Bertz CT molecular complexity index is 979. The molecule has 6 heteroatoms. The summed E-state index contributed by atoms with van der Waals surface area (Å²) >= 11 is 6.05. The number of nitrogens with two attached hydrogens (primary N) is 1. The molecule has 0 aliphatic heterocycles. The van der Waals surface area contributed by atoms with Gasteiger partial charge in [0.15, 0.2) is 5.82 Å². The van der Waals surface area contributed by atoms with E-state index in [0.717, 1.165) is 55.0 Å². The zero-order chi connectivity index (χ0) is 22.1. The van der Waals surface area contributed by atoms with Crippen molar-refractivity contribution in [1.82, 2.24) is 14.9 Å². The van der Waals surface area contributed by atoms with Gasteiger partial charge in [-0.05, 0) is 68.2 Å². The van der Waals surface area contributed by atoms with E-state index in [1.54, 1.807) is 0 Å². The van der Waals surface area contributed by atoms with Crippen LogP contribution in [0.25, 0.3) is 11.3 Å². The smallest absolute Gasteiger partial charge is 0.167 e. The highest BCUT2D eigenvalue weighted by molar-refractivity contribution is 6.30. The van der Waals surface area contributed by atoms with E-state index >= 15 is 0 Å². The fraction of sp³-hybridized carbons (Fsp3) is 0.360. The summed E-state index contributed by atoms with van der Waals surface area (Å²) in [7, 11) is 0. The number of aryl methyl sites for hydroxylation is 2. The van der Waals surface area contributed by atoms with E-state index in [9.17, 15) is 4.39 Å². The Labute approximate surface area is 189 Å². The van der Waals surface area contributed by atoms with Crippen molar-refractivity contribution >= 4 is 11.6 Å². The van der Waals surface area contributed by atoms with Gasteiger partial charge in [-0.25, -0.2) is 14.4 Å². The third-order valence-electron chi connectivity index (χ3n) is 5.28. The van der Waals surface area contributed by atoms with Gasteiger partial charge in [-0.2, -0.15) is 0 Å². The van der Waals surface area contributed by atoms with Gasteiger partial charge in [-0.1, -0.05) is 48.9 Å². The molecule has 0 unspecified atom stereocenters. The van der Waals surface area contributed by atoms with E-state index < -0.39 is 5.82 Å². The van der Waals surface area contributed by atoms with Crippen molar-refractivity contribution in [2.75, 3.05) is 19.6 Å². The van der Waals surface area contributed by atoms with Crippen molar-refractivity contribution in [2.45, 2.75) is 39.2 Å². The lowest BCUT2D eigenvalue weighted by atomic mass is 10.1. The number of hydrogen-bond acceptors (Lipinski definition) is 4. The zero-order valence-electron chi connectivity index (χ0n) is 18.0. The number of aromatic nitrogens is 2. The molecule has 164 valence electrons. The largest absolute Gasteiger partial charge is 0.330 e. The molecule has 0 fully saturated rings. The number of nitrogens with zero attached hydrogens (tertiary/aromatic N) is 3. The van der Waals surface area contributed by atoms with Crippen LogP contribution >= 0.6 is 11.6 Å². The summed E-state index contributed by atoms with van der Waals surface area (Å²) in [5, 5.41) is 0.738. The highest BCUT2D eigenvalue weighted by Crippen LogP contribution is 2.22. The van der Waals surface area contributed by atoms with E-state index in [4.69, 9.17) is 17.3 Å². The lowest BCUT2D eigenvalue weighted by molar-refractivity contribution is 0.278. The minimum absolute atomic E-state index is 0.361. The van der Waals surface area contributed by atoms with Crippen LogP contribution < -0.4 is 5.73 Å². The topological polar surface area (TPSA) is 55.0 Å². The predicted octanol–water partition coefficient (Wildman–Crippen LogP) is 5.28. The van der Waals surface area contributed by atoms with Crippen LogP contribution in [0.3, 0.4) is 0 Å². The highest BCUT2D eigenvalue weighted by Gasteiger charge is 2.11. The Morgan fingerprint density at radius 3 is 2.61 bits per heavy atom. The number of halogens is 2. The van der Waals surface area contributed by atoms with Gasteiger partial charge in [0.1, 0.15) is 11.5 Å². The zero-order valence-corrected chi connectivity index (χ0v) is 18.8. The first-order chi connectivity index (χ1) is 15.1. The fourth-order valence-corrected chi connectivity index (χ4v) is 3.82. The molecular weight excluding hydrogens is 411 g/mol. The van der Waals surface area contributed by atoms with Crippen LogP contribution in [0.2, 0.25) is 5.02 Å². The summed E-state index contributed by atoms with van der Waals surface area (Å²) in [5.74, 6) is 0.258. The molecule has 0 saturated heterocycles. The number of rotatable bonds is 11. The van der Waals surface area contributed by atoms with E-state index in [2.05, 4.69) is 33.9 Å². The first-order valence-corrected chi connectivity index (χ1v) is 11.2. The predicted molar refractivity (Wildman–Crippen MR) is 126 cm³/mol. The molecule has 0 atom stereocenters. The Balaban J connectivity index is 1.69. The molecule has 2 aromatic carbocycles. The van der Waals surface area contributed by atoms with Crippen molar-refractivity contribution in [1.29, 1.82) is 0 Å². The van der Waals surface area contributed by atoms with Gasteiger partial charge in [0.05, 0.1) is 6.20 Å². The van der Waals surface area contributed by atoms with Crippen LogP contribution in [0.5, 0.6) is 0 Å². The van der Waals surface area contributed by atoms with Crippen molar-refractivity contribution in [3.63, 3.8) is 0 Å². The molecule has 0 spiro atoms. The van der Waals surface area contributed by atoms with Crippen molar-refractivity contribution in [3.8, 4) is 11.3 Å². The first kappa shape index (κ1) is 23.3. The summed E-state index contributed by atoms with van der Waals surface area (Å²) in [6, 6.07) is 15.8. The Hall–Kier alpha value is -2.34. The molecule has 0 radical (unpaired) electrons. The van der Waals surface area contributed by atoms with Gasteiger partial charge in [0.25, 0.3) is 0 Å². The molecular formula is C25H30ClFN4. The van der Waals surface area contributed by atoms with Gasteiger partial charge in [-0.15, -0.1) is 0 Å². The molecule has 0 bridgehead atoms. The van der Waals surface area contributed by atoms with Gasteiger partial charge in [-0.3, -0.25) is 4.90 Å². The Morgan fingerprint density at radius 1 is 1.03 bits per heavy atom. The maximum absolute atomic E-state index is 14.5. The maximum atomic E-state index is 14.5. The monoisotopic (exact) mass is 440 g/mol. The Morgan fingerprint density at radius 2 is 1.84 bits per heavy atom. The quantitative estimate of drug-likeness (QED) is 0.440. The molecule has 31 heavy (non-hydrogen) atoms. The van der Waals surface area contributed by atoms with Crippen molar-refractivity contribution in [3.05, 3.63) is 82.5 Å². The molecule has 0 aliphatic carbocycles. The highest BCUT2D eigenvalue weighted by atomic mass is 35.5. The van der Waals surface area contributed by atoms with Crippen molar-refractivity contribution in [2.24, 2.45) is 5.73 Å². The van der Waals surface area contributed by atoms with E-state index in [1.165, 1.54) is 11.8 Å². The second kappa shape index (κ2) is 11.9. The molecule has 3 aromatic rings. The molecule has 4 nitrogen and oxygen atoms in total. The normalized spacial score (nSPS) is 11.3. The molecule has 3 rings (SSSR count). The average Bonchev–Trinajstić information content (AvgIpc) is 2.78. The minimum atomic E-state index is -0.397. The van der Waals surface area contributed by atoms with Crippen LogP contribution in [-0.4, -0.2) is 34.5 Å². The van der Waals surface area contributed by atoms with Gasteiger partial charge < -0.3 is 5.73 Å². The number of benzene rings is 2. The molecule has 0 amide bonds. The second-order valence-corrected chi connectivity index (χ2v) is 8.11. The van der Waals surface area contributed by atoms with E-state index in [0.29, 0.717) is 24.5 Å². The molecule has 0 saturated carbocycles. The number of hydrogen-bond donors (Lipinski definition) is 1. The van der Waals surface area contributed by atoms with E-state index in [1.807, 2.05) is 36.4 Å². The SMILES string of the molecule is CCN(CCCN)Cc1cccc(-c2nc(CCCc3cccc(Cl)c3)ncc2F)c1. The summed E-state index contributed by atoms with van der Waals surface area (Å²) in [4.78, 5) is 11.1. The summed E-state index contributed by atoms with van der Waals surface area (Å²) in [6.45, 7) is 5.53. The third kappa shape index (κ3) is 7.10. The third-order valence-corrected chi connectivity index (χ3v) is 5.52. The van der Waals surface area contributed by atoms with Gasteiger partial charge in [0.2, 0.25) is 0 Å².